The molecule has 3 amide bonds. The van der Waals surface area contributed by atoms with E-state index in [2.05, 4.69) is 4.99 Å². The third kappa shape index (κ3) is 2.59. The molecule has 8 nitrogen and oxygen atoms in total. The molecule has 1 aromatic rings. The van der Waals surface area contributed by atoms with Gasteiger partial charge in [-0.1, -0.05) is 29.8 Å². The highest BCUT2D eigenvalue weighted by Crippen LogP contribution is 2.37. The van der Waals surface area contributed by atoms with Gasteiger partial charge in [-0.2, -0.15) is 0 Å². The van der Waals surface area contributed by atoms with E-state index in [0.29, 0.717) is 12.5 Å². The Hall–Kier alpha value is -2.87. The van der Waals surface area contributed by atoms with Crippen molar-refractivity contribution in [3.05, 3.63) is 46.8 Å². The Labute approximate surface area is 164 Å². The van der Waals surface area contributed by atoms with E-state index in [1.807, 2.05) is 54.8 Å². The predicted octanol–water partition coefficient (Wildman–Crippen LogP) is 1.31. The SMILES string of the molecule is CC1=C(C)N2C(=NC3C2C(=O)N(Cc2ccc(C)cc2)C(=O)N3C)N1CCO. The van der Waals surface area contributed by atoms with Crippen LogP contribution in [0.15, 0.2) is 40.7 Å². The van der Waals surface area contributed by atoms with Crippen molar-refractivity contribution in [3.8, 4) is 0 Å². The first-order chi connectivity index (χ1) is 13.3. The summed E-state index contributed by atoms with van der Waals surface area (Å²) in [6.45, 7) is 6.51. The Morgan fingerprint density at radius 3 is 2.36 bits per heavy atom. The van der Waals surface area contributed by atoms with Gasteiger partial charge in [-0.15, -0.1) is 0 Å². The zero-order chi connectivity index (χ0) is 20.2. The quantitative estimate of drug-likeness (QED) is 0.848. The van der Waals surface area contributed by atoms with E-state index in [0.717, 1.165) is 22.5 Å². The predicted molar refractivity (Wildman–Crippen MR) is 104 cm³/mol. The van der Waals surface area contributed by atoms with Crippen LogP contribution in [-0.2, 0) is 11.3 Å². The molecule has 0 spiro atoms. The molecular formula is C20H25N5O3. The van der Waals surface area contributed by atoms with Crippen LogP contribution >= 0.6 is 0 Å². The Balaban J connectivity index is 1.66. The van der Waals surface area contributed by atoms with Crippen LogP contribution in [0.4, 0.5) is 4.79 Å². The van der Waals surface area contributed by atoms with Gasteiger partial charge in [0.2, 0.25) is 5.96 Å². The first-order valence-electron chi connectivity index (χ1n) is 9.41. The normalized spacial score (nSPS) is 24.2. The zero-order valence-electron chi connectivity index (χ0n) is 16.6. The number of aliphatic hydroxyl groups excluding tert-OH is 1. The van der Waals surface area contributed by atoms with Crippen LogP contribution in [0.5, 0.6) is 0 Å². The summed E-state index contributed by atoms with van der Waals surface area (Å²) in [4.78, 5) is 37.6. The van der Waals surface area contributed by atoms with Gasteiger partial charge in [0.15, 0.2) is 12.2 Å². The number of aliphatic imine (C=N–C) groups is 1. The highest BCUT2D eigenvalue weighted by atomic mass is 16.3. The van der Waals surface area contributed by atoms with Crippen molar-refractivity contribution in [2.45, 2.75) is 39.5 Å². The molecule has 1 aromatic carbocycles. The van der Waals surface area contributed by atoms with Gasteiger partial charge in [0.1, 0.15) is 0 Å². The number of nitrogens with zero attached hydrogens (tertiary/aromatic N) is 5. The number of hydrogen-bond donors (Lipinski definition) is 1. The molecule has 1 fully saturated rings. The Morgan fingerprint density at radius 2 is 1.71 bits per heavy atom. The molecule has 1 N–H and O–H groups in total. The number of aryl methyl sites for hydroxylation is 1. The molecule has 3 aliphatic heterocycles. The summed E-state index contributed by atoms with van der Waals surface area (Å²) in [7, 11) is 1.68. The van der Waals surface area contributed by atoms with Crippen molar-refractivity contribution in [1.82, 2.24) is 19.6 Å². The van der Waals surface area contributed by atoms with Crippen LogP contribution in [0, 0.1) is 6.92 Å². The Morgan fingerprint density at radius 1 is 1.04 bits per heavy atom. The maximum Gasteiger partial charge on any atom is 0.328 e. The third-order valence-corrected chi connectivity index (χ3v) is 5.79. The number of likely N-dealkylation sites (N-methyl/N-ethyl adjacent to an activating group) is 1. The van der Waals surface area contributed by atoms with Crippen molar-refractivity contribution in [2.24, 2.45) is 4.99 Å². The highest BCUT2D eigenvalue weighted by molar-refractivity contribution is 6.05. The molecule has 2 atom stereocenters. The molecule has 3 heterocycles. The second-order valence-corrected chi connectivity index (χ2v) is 7.51. The van der Waals surface area contributed by atoms with Gasteiger partial charge >= 0.3 is 6.03 Å². The van der Waals surface area contributed by atoms with Crippen LogP contribution in [0.25, 0.3) is 0 Å². The van der Waals surface area contributed by atoms with Crippen molar-refractivity contribution in [1.29, 1.82) is 0 Å². The third-order valence-electron chi connectivity index (χ3n) is 5.79. The number of amides is 3. The van der Waals surface area contributed by atoms with Gasteiger partial charge in [-0.3, -0.25) is 14.6 Å². The fraction of sp³-hybridized carbons (Fsp3) is 0.450. The Kier molecular flexibility index (Phi) is 4.38. The first-order valence-corrected chi connectivity index (χ1v) is 9.41. The van der Waals surface area contributed by atoms with E-state index >= 15 is 0 Å². The lowest BCUT2D eigenvalue weighted by Gasteiger charge is -2.40. The number of rotatable bonds is 4. The highest BCUT2D eigenvalue weighted by Gasteiger charge is 2.55. The molecule has 28 heavy (non-hydrogen) atoms. The summed E-state index contributed by atoms with van der Waals surface area (Å²) in [5, 5.41) is 9.40. The average molecular weight is 383 g/mol. The number of imide groups is 1. The minimum Gasteiger partial charge on any atom is -0.395 e. The van der Waals surface area contributed by atoms with Gasteiger partial charge in [0.25, 0.3) is 5.91 Å². The number of guanidine groups is 1. The molecule has 8 heteroatoms. The van der Waals surface area contributed by atoms with E-state index in [1.165, 1.54) is 9.80 Å². The minimum absolute atomic E-state index is 0.0188. The van der Waals surface area contributed by atoms with Crippen molar-refractivity contribution in [3.63, 3.8) is 0 Å². The molecule has 3 aliphatic rings. The minimum atomic E-state index is -0.582. The standard InChI is InChI=1S/C20H25N5O3/c1-12-5-7-15(8-6-12)11-24-18(27)16-17(22(4)20(24)28)21-19-23(9-10-26)13(2)14(3)25(16)19/h5-8,16-17,26H,9-11H2,1-4H3. The topological polar surface area (TPSA) is 79.7 Å². The van der Waals surface area contributed by atoms with E-state index in [1.54, 1.807) is 7.05 Å². The van der Waals surface area contributed by atoms with Crippen LogP contribution in [0.2, 0.25) is 0 Å². The molecule has 0 saturated carbocycles. The van der Waals surface area contributed by atoms with Crippen molar-refractivity contribution >= 4 is 17.9 Å². The lowest BCUT2D eigenvalue weighted by Crippen LogP contribution is -2.64. The van der Waals surface area contributed by atoms with Crippen LogP contribution in [0.3, 0.4) is 0 Å². The number of allylic oxidation sites excluding steroid dienone is 2. The molecule has 0 radical (unpaired) electrons. The summed E-state index contributed by atoms with van der Waals surface area (Å²) in [5.41, 5.74) is 3.92. The zero-order valence-corrected chi connectivity index (χ0v) is 16.6. The van der Waals surface area contributed by atoms with Crippen molar-refractivity contribution < 1.29 is 14.7 Å². The second-order valence-electron chi connectivity index (χ2n) is 7.51. The summed E-state index contributed by atoms with van der Waals surface area (Å²) in [6.07, 6.45) is -0.562. The van der Waals surface area contributed by atoms with Gasteiger partial charge in [0, 0.05) is 25.0 Å². The monoisotopic (exact) mass is 383 g/mol. The Bertz CT molecular complexity index is 892. The summed E-state index contributed by atoms with van der Waals surface area (Å²) in [6, 6.07) is 6.90. The fourth-order valence-electron chi connectivity index (χ4n) is 4.07. The smallest absolute Gasteiger partial charge is 0.328 e. The summed E-state index contributed by atoms with van der Waals surface area (Å²) < 4.78 is 0. The number of β-amino-alcohol motifs (C(OH)–C–C–N with tert-alkyl or cyclic N) is 1. The van der Waals surface area contributed by atoms with E-state index in [4.69, 9.17) is 0 Å². The second kappa shape index (κ2) is 6.63. The first kappa shape index (κ1) is 18.5. The molecular weight excluding hydrogens is 358 g/mol. The number of urea groups is 1. The summed E-state index contributed by atoms with van der Waals surface area (Å²) >= 11 is 0. The molecule has 1 saturated heterocycles. The van der Waals surface area contributed by atoms with E-state index in [9.17, 15) is 14.7 Å². The van der Waals surface area contributed by atoms with Gasteiger partial charge < -0.3 is 14.9 Å². The number of fused-ring (bicyclic) bond motifs is 3. The maximum absolute atomic E-state index is 13.4. The van der Waals surface area contributed by atoms with Crippen molar-refractivity contribution in [2.75, 3.05) is 20.2 Å². The molecule has 148 valence electrons. The number of benzene rings is 1. The number of carbonyl (C=O) groups is 2. The van der Waals surface area contributed by atoms with Crippen LogP contribution in [-0.4, -0.2) is 75.0 Å². The van der Waals surface area contributed by atoms with E-state index in [-0.39, 0.29) is 25.1 Å². The lowest BCUT2D eigenvalue weighted by molar-refractivity contribution is -0.137. The molecule has 0 bridgehead atoms. The lowest BCUT2D eigenvalue weighted by atomic mass is 10.1. The van der Waals surface area contributed by atoms with E-state index < -0.39 is 12.2 Å². The molecule has 0 aromatic heterocycles. The van der Waals surface area contributed by atoms with Gasteiger partial charge in [-0.25, -0.2) is 9.79 Å². The van der Waals surface area contributed by atoms with Crippen LogP contribution < -0.4 is 0 Å². The molecule has 2 unspecified atom stereocenters. The fourth-order valence-corrected chi connectivity index (χ4v) is 4.07. The van der Waals surface area contributed by atoms with Gasteiger partial charge in [0.05, 0.1) is 13.2 Å². The maximum atomic E-state index is 13.4. The number of hydrogen-bond acceptors (Lipinski definition) is 6. The summed E-state index contributed by atoms with van der Waals surface area (Å²) in [5.74, 6) is 0.384. The van der Waals surface area contributed by atoms with Crippen LogP contribution in [0.1, 0.15) is 25.0 Å². The van der Waals surface area contributed by atoms with Gasteiger partial charge in [-0.05, 0) is 26.3 Å². The number of carbonyl (C=O) groups excluding carboxylic acids is 2. The molecule has 4 rings (SSSR count). The average Bonchev–Trinajstić information content (AvgIpc) is 3.17. The number of aliphatic hydroxyl groups is 1. The largest absolute Gasteiger partial charge is 0.395 e. The molecule has 0 aliphatic carbocycles.